The van der Waals surface area contributed by atoms with Crippen LogP contribution in [0.5, 0.6) is 0 Å². The minimum absolute atomic E-state index is 0.809. The van der Waals surface area contributed by atoms with Gasteiger partial charge < -0.3 is 5.32 Å². The predicted octanol–water partition coefficient (Wildman–Crippen LogP) is 3.32. The molecule has 1 aromatic carbocycles. The fourth-order valence-corrected chi connectivity index (χ4v) is 2.65. The van der Waals surface area contributed by atoms with Crippen molar-refractivity contribution in [3.05, 3.63) is 60.4 Å². The van der Waals surface area contributed by atoms with Gasteiger partial charge in [0.15, 0.2) is 0 Å². The summed E-state index contributed by atoms with van der Waals surface area (Å²) in [5.41, 5.74) is 2.43. The third kappa shape index (κ3) is 3.36. The van der Waals surface area contributed by atoms with Gasteiger partial charge in [0.1, 0.15) is 0 Å². The van der Waals surface area contributed by atoms with Gasteiger partial charge in [-0.15, -0.1) is 0 Å². The quantitative estimate of drug-likeness (QED) is 0.842. The van der Waals surface area contributed by atoms with E-state index in [2.05, 4.69) is 46.8 Å². The number of hydrogen-bond acceptors (Lipinski definition) is 2. The molecule has 1 aromatic heterocycles. The maximum absolute atomic E-state index is 4.23. The first-order valence-electron chi connectivity index (χ1n) is 7.36. The first-order valence-corrected chi connectivity index (χ1v) is 7.36. The molecule has 1 unspecified atom stereocenters. The van der Waals surface area contributed by atoms with E-state index in [1.807, 2.05) is 16.9 Å². The van der Waals surface area contributed by atoms with Crippen molar-refractivity contribution < 1.29 is 0 Å². The van der Waals surface area contributed by atoms with Crippen LogP contribution in [0, 0.1) is 5.92 Å². The van der Waals surface area contributed by atoms with Crippen molar-refractivity contribution in [1.29, 1.82) is 0 Å². The van der Waals surface area contributed by atoms with Crippen LogP contribution >= 0.6 is 0 Å². The summed E-state index contributed by atoms with van der Waals surface area (Å²) in [6, 6.07) is 10.5. The van der Waals surface area contributed by atoms with Crippen LogP contribution in [0.3, 0.4) is 0 Å². The monoisotopic (exact) mass is 267 g/mol. The van der Waals surface area contributed by atoms with Gasteiger partial charge in [0.05, 0.1) is 5.69 Å². The first kappa shape index (κ1) is 13.1. The molecule has 0 bridgehead atoms. The molecule has 3 nitrogen and oxygen atoms in total. The molecule has 0 saturated heterocycles. The molecule has 1 N–H and O–H groups in total. The summed E-state index contributed by atoms with van der Waals surface area (Å²) >= 11 is 0. The van der Waals surface area contributed by atoms with Gasteiger partial charge in [-0.25, -0.2) is 4.68 Å². The lowest BCUT2D eigenvalue weighted by atomic mass is 9.94. The number of allylic oxidation sites excluding steroid dienone is 2. The van der Waals surface area contributed by atoms with Crippen LogP contribution in [0.4, 0.5) is 0 Å². The van der Waals surface area contributed by atoms with Crippen molar-refractivity contribution in [2.75, 3.05) is 6.54 Å². The normalized spacial score (nSPS) is 18.3. The molecule has 3 heteroatoms. The molecule has 104 valence electrons. The van der Waals surface area contributed by atoms with Crippen LogP contribution in [0.1, 0.15) is 24.8 Å². The number of rotatable bonds is 5. The number of nitrogens with zero attached hydrogens (tertiary/aromatic N) is 2. The van der Waals surface area contributed by atoms with Crippen molar-refractivity contribution in [3.63, 3.8) is 0 Å². The zero-order chi connectivity index (χ0) is 13.6. The van der Waals surface area contributed by atoms with Crippen LogP contribution < -0.4 is 5.32 Å². The van der Waals surface area contributed by atoms with Gasteiger partial charge in [-0.1, -0.05) is 24.3 Å². The molecule has 1 aliphatic rings. The number of aromatic nitrogens is 2. The Bertz CT molecular complexity index is 540. The second kappa shape index (κ2) is 6.53. The van der Waals surface area contributed by atoms with E-state index in [1.54, 1.807) is 6.20 Å². The van der Waals surface area contributed by atoms with E-state index in [9.17, 15) is 0 Å². The van der Waals surface area contributed by atoms with Gasteiger partial charge >= 0.3 is 0 Å². The average molecular weight is 267 g/mol. The molecule has 0 radical (unpaired) electrons. The van der Waals surface area contributed by atoms with Crippen LogP contribution in [0.2, 0.25) is 0 Å². The topological polar surface area (TPSA) is 29.9 Å². The SMILES string of the molecule is C1=CCC(CNCc2ccc(-n3cccn3)cc2)CC1. The molecule has 1 aliphatic carbocycles. The molecule has 0 fully saturated rings. The number of nitrogens with one attached hydrogen (secondary N) is 1. The van der Waals surface area contributed by atoms with Crippen LogP contribution in [-0.2, 0) is 6.54 Å². The Labute approximate surface area is 120 Å². The minimum Gasteiger partial charge on any atom is -0.312 e. The first-order chi connectivity index (χ1) is 9.92. The average Bonchev–Trinajstić information content (AvgIpc) is 3.03. The van der Waals surface area contributed by atoms with Crippen molar-refractivity contribution in [2.24, 2.45) is 5.92 Å². The Kier molecular flexibility index (Phi) is 4.28. The summed E-state index contributed by atoms with van der Waals surface area (Å²) < 4.78 is 1.88. The fraction of sp³-hybridized carbons (Fsp3) is 0.353. The van der Waals surface area contributed by atoms with E-state index in [0.717, 1.165) is 24.7 Å². The Morgan fingerprint density at radius 1 is 1.20 bits per heavy atom. The van der Waals surface area contributed by atoms with Gasteiger partial charge in [-0.2, -0.15) is 5.10 Å². The van der Waals surface area contributed by atoms with E-state index >= 15 is 0 Å². The molecule has 20 heavy (non-hydrogen) atoms. The zero-order valence-corrected chi connectivity index (χ0v) is 11.7. The van der Waals surface area contributed by atoms with Crippen LogP contribution in [-0.4, -0.2) is 16.3 Å². The van der Waals surface area contributed by atoms with Gasteiger partial charge in [0, 0.05) is 18.9 Å². The summed E-state index contributed by atoms with van der Waals surface area (Å²) in [6.45, 7) is 2.06. The highest BCUT2D eigenvalue weighted by molar-refractivity contribution is 5.33. The molecule has 3 rings (SSSR count). The molecule has 1 heterocycles. The van der Waals surface area contributed by atoms with Gasteiger partial charge in [0.25, 0.3) is 0 Å². The highest BCUT2D eigenvalue weighted by Gasteiger charge is 2.08. The predicted molar refractivity (Wildman–Crippen MR) is 81.8 cm³/mol. The molecular weight excluding hydrogens is 246 g/mol. The smallest absolute Gasteiger partial charge is 0.0645 e. The lowest BCUT2D eigenvalue weighted by Crippen LogP contribution is -2.23. The van der Waals surface area contributed by atoms with E-state index in [0.29, 0.717) is 0 Å². The summed E-state index contributed by atoms with van der Waals surface area (Å²) in [5, 5.41) is 7.80. The van der Waals surface area contributed by atoms with E-state index in [1.165, 1.54) is 24.8 Å². The highest BCUT2D eigenvalue weighted by atomic mass is 15.3. The fourth-order valence-electron chi connectivity index (χ4n) is 2.65. The van der Waals surface area contributed by atoms with Gasteiger partial charge in [0.2, 0.25) is 0 Å². The molecule has 1 atom stereocenters. The zero-order valence-electron chi connectivity index (χ0n) is 11.7. The minimum atomic E-state index is 0.809. The summed E-state index contributed by atoms with van der Waals surface area (Å²) in [5.74, 6) is 0.809. The summed E-state index contributed by atoms with van der Waals surface area (Å²) in [4.78, 5) is 0. The standard InChI is InChI=1S/C17H21N3/c1-2-5-15(6-3-1)13-18-14-16-7-9-17(10-8-16)20-12-4-11-19-20/h1-2,4,7-12,15,18H,3,5-6,13-14H2. The Balaban J connectivity index is 1.49. The second-order valence-corrected chi connectivity index (χ2v) is 5.40. The second-order valence-electron chi connectivity index (χ2n) is 5.40. The van der Waals surface area contributed by atoms with Crippen molar-refractivity contribution in [1.82, 2.24) is 15.1 Å². The van der Waals surface area contributed by atoms with Crippen molar-refractivity contribution >= 4 is 0 Å². The Morgan fingerprint density at radius 3 is 2.80 bits per heavy atom. The number of hydrogen-bond donors (Lipinski definition) is 1. The third-order valence-corrected chi connectivity index (χ3v) is 3.85. The molecule has 0 saturated carbocycles. The van der Waals surface area contributed by atoms with Crippen LogP contribution in [0.25, 0.3) is 5.69 Å². The molecular formula is C17H21N3. The Morgan fingerprint density at radius 2 is 2.10 bits per heavy atom. The van der Waals surface area contributed by atoms with Crippen molar-refractivity contribution in [3.8, 4) is 5.69 Å². The van der Waals surface area contributed by atoms with Gasteiger partial charge in [-0.3, -0.25) is 0 Å². The third-order valence-electron chi connectivity index (χ3n) is 3.85. The number of benzene rings is 1. The molecule has 0 aliphatic heterocycles. The van der Waals surface area contributed by atoms with Crippen LogP contribution in [0.15, 0.2) is 54.9 Å². The molecule has 0 spiro atoms. The summed E-state index contributed by atoms with van der Waals surface area (Å²) in [6.07, 6.45) is 12.2. The van der Waals surface area contributed by atoms with E-state index < -0.39 is 0 Å². The maximum Gasteiger partial charge on any atom is 0.0645 e. The lowest BCUT2D eigenvalue weighted by molar-refractivity contribution is 0.440. The highest BCUT2D eigenvalue weighted by Crippen LogP contribution is 2.17. The lowest BCUT2D eigenvalue weighted by Gasteiger charge is -2.18. The Hall–Kier alpha value is -1.87. The van der Waals surface area contributed by atoms with E-state index in [-0.39, 0.29) is 0 Å². The van der Waals surface area contributed by atoms with Gasteiger partial charge in [-0.05, 0) is 55.5 Å². The summed E-state index contributed by atoms with van der Waals surface area (Å²) in [7, 11) is 0. The molecule has 0 amide bonds. The molecule has 2 aromatic rings. The van der Waals surface area contributed by atoms with E-state index in [4.69, 9.17) is 0 Å². The van der Waals surface area contributed by atoms with Crippen molar-refractivity contribution in [2.45, 2.75) is 25.8 Å². The largest absolute Gasteiger partial charge is 0.312 e. The maximum atomic E-state index is 4.23.